The van der Waals surface area contributed by atoms with Crippen LogP contribution in [-0.4, -0.2) is 85.4 Å². The van der Waals surface area contributed by atoms with E-state index in [9.17, 15) is 30.0 Å². The van der Waals surface area contributed by atoms with Gasteiger partial charge in [-0.25, -0.2) is 4.79 Å². The molecule has 1 unspecified atom stereocenters. The lowest BCUT2D eigenvalue weighted by Gasteiger charge is -2.44. The van der Waals surface area contributed by atoms with Gasteiger partial charge in [-0.05, 0) is 0 Å². The Morgan fingerprint density at radius 2 is 2.00 bits per heavy atom. The highest BCUT2D eigenvalue weighted by atomic mass is 16.7. The molecule has 10 heteroatoms. The number of carboxylic acids is 1. The van der Waals surface area contributed by atoms with E-state index in [2.05, 4.69) is 5.32 Å². The molecule has 0 spiro atoms. The Morgan fingerprint density at radius 3 is 2.43 bits per heavy atom. The summed E-state index contributed by atoms with van der Waals surface area (Å²) in [4.78, 5) is 22.1. The lowest BCUT2D eigenvalue weighted by molar-refractivity contribution is -0.295. The number of ether oxygens (including phenoxy) is 1. The minimum atomic E-state index is -2.78. The monoisotopic (exact) mass is 309 g/mol. The quantitative estimate of drug-likeness (QED) is 0.268. The molecule has 1 fully saturated rings. The van der Waals surface area contributed by atoms with Gasteiger partial charge in [0.25, 0.3) is 5.79 Å². The molecule has 1 rings (SSSR count). The van der Waals surface area contributed by atoms with E-state index in [1.807, 2.05) is 0 Å². The highest BCUT2D eigenvalue weighted by Gasteiger charge is 2.53. The summed E-state index contributed by atoms with van der Waals surface area (Å²) in [5.41, 5.74) is 0. The predicted octanol–water partition coefficient (Wildman–Crippen LogP) is -3.87. The fraction of sp³-hybridized carbons (Fsp3) is 0.818. The summed E-state index contributed by atoms with van der Waals surface area (Å²) < 4.78 is 4.86. The van der Waals surface area contributed by atoms with Crippen molar-refractivity contribution in [1.29, 1.82) is 0 Å². The fourth-order valence-electron chi connectivity index (χ4n) is 2.14. The van der Waals surface area contributed by atoms with E-state index >= 15 is 0 Å². The SMILES string of the molecule is CC(=O)N[C@H]1[C@H]([C@@H](O)C(O)CO)O[C@](O)(C(=O)O)C[C@@H]1O. The summed E-state index contributed by atoms with van der Waals surface area (Å²) in [5.74, 6) is -5.17. The van der Waals surface area contributed by atoms with Gasteiger partial charge in [0, 0.05) is 13.3 Å². The lowest BCUT2D eigenvalue weighted by Crippen LogP contribution is -2.67. The Morgan fingerprint density at radius 1 is 1.43 bits per heavy atom. The van der Waals surface area contributed by atoms with E-state index in [0.29, 0.717) is 0 Å². The number of aliphatic carboxylic acids is 1. The van der Waals surface area contributed by atoms with Gasteiger partial charge in [0.15, 0.2) is 0 Å². The average molecular weight is 309 g/mol. The zero-order chi connectivity index (χ0) is 16.4. The molecule has 1 aliphatic heterocycles. The third-order valence-electron chi connectivity index (χ3n) is 3.21. The number of carbonyl (C=O) groups is 2. The molecule has 1 heterocycles. The van der Waals surface area contributed by atoms with Gasteiger partial charge in [0.1, 0.15) is 18.3 Å². The molecule has 10 nitrogen and oxygen atoms in total. The fourth-order valence-corrected chi connectivity index (χ4v) is 2.14. The molecule has 0 aromatic rings. The molecule has 0 aliphatic carbocycles. The zero-order valence-electron chi connectivity index (χ0n) is 11.2. The Kier molecular flexibility index (Phi) is 5.61. The minimum absolute atomic E-state index is 0.598. The van der Waals surface area contributed by atoms with Crippen LogP contribution >= 0.6 is 0 Å². The maximum Gasteiger partial charge on any atom is 0.364 e. The highest BCUT2D eigenvalue weighted by Crippen LogP contribution is 2.30. The molecule has 122 valence electrons. The van der Waals surface area contributed by atoms with Gasteiger partial charge in [-0.15, -0.1) is 0 Å². The van der Waals surface area contributed by atoms with Crippen molar-refractivity contribution in [1.82, 2.24) is 5.32 Å². The van der Waals surface area contributed by atoms with E-state index < -0.39 is 61.1 Å². The smallest absolute Gasteiger partial charge is 0.364 e. The van der Waals surface area contributed by atoms with Crippen LogP contribution in [0.25, 0.3) is 0 Å². The van der Waals surface area contributed by atoms with Crippen molar-refractivity contribution in [2.45, 2.75) is 49.6 Å². The molecule has 21 heavy (non-hydrogen) atoms. The van der Waals surface area contributed by atoms with E-state index in [1.165, 1.54) is 0 Å². The second-order valence-electron chi connectivity index (χ2n) is 4.91. The lowest BCUT2D eigenvalue weighted by atomic mass is 9.88. The summed E-state index contributed by atoms with van der Waals surface area (Å²) in [6, 6.07) is -1.27. The Hall–Kier alpha value is -1.30. The van der Waals surface area contributed by atoms with Gasteiger partial charge in [0.05, 0.1) is 18.8 Å². The molecule has 0 bridgehead atoms. The number of hydrogen-bond donors (Lipinski definition) is 7. The van der Waals surface area contributed by atoms with Crippen molar-refractivity contribution < 1.29 is 45.0 Å². The van der Waals surface area contributed by atoms with Gasteiger partial charge < -0.3 is 40.7 Å². The maximum absolute atomic E-state index is 11.1. The van der Waals surface area contributed by atoms with Gasteiger partial charge in [-0.3, -0.25) is 4.79 Å². The summed E-state index contributed by atoms with van der Waals surface area (Å²) in [5, 5.41) is 59.0. The topological polar surface area (TPSA) is 177 Å². The first kappa shape index (κ1) is 17.8. The molecule has 0 radical (unpaired) electrons. The first-order valence-electron chi connectivity index (χ1n) is 6.18. The summed E-state index contributed by atoms with van der Waals surface area (Å²) in [7, 11) is 0. The number of carbonyl (C=O) groups excluding carboxylic acids is 1. The van der Waals surface area contributed by atoms with E-state index in [4.69, 9.17) is 14.9 Å². The molecular formula is C11H19NO9. The van der Waals surface area contributed by atoms with Gasteiger partial charge >= 0.3 is 5.97 Å². The number of rotatable bonds is 5. The van der Waals surface area contributed by atoms with Crippen molar-refractivity contribution >= 4 is 11.9 Å². The van der Waals surface area contributed by atoms with Crippen LogP contribution in [0.5, 0.6) is 0 Å². The number of hydrogen-bond acceptors (Lipinski definition) is 8. The standard InChI is InChI=1S/C11H19NO9/c1-4(14)12-7-5(15)2-11(20,10(18)19)21-9(7)8(17)6(16)3-13/h5-9,13,15-17,20H,2-3H2,1H3,(H,12,14)(H,18,19)/t5-,6?,7+,8-,9+,11-/m0/s1. The zero-order valence-corrected chi connectivity index (χ0v) is 11.2. The summed E-state index contributed by atoms with van der Waals surface area (Å²) in [6.45, 7) is 0.256. The molecule has 1 aliphatic rings. The highest BCUT2D eigenvalue weighted by molar-refractivity contribution is 5.76. The molecule has 0 aromatic heterocycles. The largest absolute Gasteiger partial charge is 0.477 e. The normalized spacial score (nSPS) is 35.8. The van der Waals surface area contributed by atoms with Crippen LogP contribution in [0.1, 0.15) is 13.3 Å². The predicted molar refractivity (Wildman–Crippen MR) is 64.8 cm³/mol. The van der Waals surface area contributed by atoms with Gasteiger partial charge in [-0.2, -0.15) is 0 Å². The third-order valence-corrected chi connectivity index (χ3v) is 3.21. The number of aliphatic hydroxyl groups excluding tert-OH is 4. The Balaban J connectivity index is 3.07. The van der Waals surface area contributed by atoms with E-state index in [1.54, 1.807) is 0 Å². The van der Waals surface area contributed by atoms with Crippen molar-refractivity contribution in [2.24, 2.45) is 0 Å². The molecule has 1 saturated heterocycles. The van der Waals surface area contributed by atoms with Gasteiger partial charge in [-0.1, -0.05) is 0 Å². The van der Waals surface area contributed by atoms with E-state index in [-0.39, 0.29) is 0 Å². The summed E-state index contributed by atoms with van der Waals surface area (Å²) in [6.07, 6.45) is -7.48. The van der Waals surface area contributed by atoms with Crippen molar-refractivity contribution in [3.63, 3.8) is 0 Å². The van der Waals surface area contributed by atoms with E-state index in [0.717, 1.165) is 6.92 Å². The first-order valence-corrected chi connectivity index (χ1v) is 6.18. The average Bonchev–Trinajstić information content (AvgIpc) is 2.39. The molecule has 6 atom stereocenters. The Labute approximate surface area is 119 Å². The third kappa shape index (κ3) is 3.87. The van der Waals surface area contributed by atoms with Crippen LogP contribution < -0.4 is 5.32 Å². The molecule has 0 aromatic carbocycles. The number of carboxylic acid groups (broad SMARTS) is 1. The van der Waals surface area contributed by atoms with Gasteiger partial charge in [0.2, 0.25) is 5.91 Å². The van der Waals surface area contributed by atoms with Crippen LogP contribution in [0.4, 0.5) is 0 Å². The number of aliphatic hydroxyl groups is 5. The molecule has 1 amide bonds. The van der Waals surface area contributed by atoms with Crippen molar-refractivity contribution in [3.05, 3.63) is 0 Å². The second-order valence-corrected chi connectivity index (χ2v) is 4.91. The Bertz CT molecular complexity index is 403. The number of amides is 1. The minimum Gasteiger partial charge on any atom is -0.477 e. The van der Waals surface area contributed by atoms with Crippen LogP contribution in [0.15, 0.2) is 0 Å². The van der Waals surface area contributed by atoms with Crippen LogP contribution in [0, 0.1) is 0 Å². The molecule has 7 N–H and O–H groups in total. The number of nitrogens with one attached hydrogen (secondary N) is 1. The summed E-state index contributed by atoms with van der Waals surface area (Å²) >= 11 is 0. The first-order chi connectivity index (χ1) is 9.62. The second kappa shape index (κ2) is 6.64. The van der Waals surface area contributed by atoms with Crippen molar-refractivity contribution in [2.75, 3.05) is 6.61 Å². The maximum atomic E-state index is 11.1. The van der Waals surface area contributed by atoms with Crippen LogP contribution in [-0.2, 0) is 14.3 Å². The molecular weight excluding hydrogens is 290 g/mol. The molecule has 0 saturated carbocycles. The van der Waals surface area contributed by atoms with Crippen molar-refractivity contribution in [3.8, 4) is 0 Å². The van der Waals surface area contributed by atoms with Crippen LogP contribution in [0.2, 0.25) is 0 Å². The van der Waals surface area contributed by atoms with Crippen LogP contribution in [0.3, 0.4) is 0 Å².